The quantitative estimate of drug-likeness (QED) is 0.482. The van der Waals surface area contributed by atoms with Crippen LogP contribution in [0.15, 0.2) is 34.5 Å². The van der Waals surface area contributed by atoms with Crippen molar-refractivity contribution in [2.45, 2.75) is 86.0 Å². The molecular formula is C26H41ClN2O2. The zero-order valence-corrected chi connectivity index (χ0v) is 20.8. The zero-order valence-electron chi connectivity index (χ0n) is 20.0. The van der Waals surface area contributed by atoms with Gasteiger partial charge in [0.25, 0.3) is 0 Å². The topological polar surface area (TPSA) is 75.7 Å². The van der Waals surface area contributed by atoms with Crippen molar-refractivity contribution in [3.8, 4) is 0 Å². The van der Waals surface area contributed by atoms with Gasteiger partial charge in [0, 0.05) is 22.9 Å². The van der Waals surface area contributed by atoms with Crippen LogP contribution in [0.25, 0.3) is 0 Å². The summed E-state index contributed by atoms with van der Waals surface area (Å²) in [7, 11) is 0. The number of carboxylic acids is 1. The Morgan fingerprint density at radius 2 is 1.81 bits per heavy atom. The normalized spacial score (nSPS) is 23.4. The number of aliphatic carboxylic acids is 1. The van der Waals surface area contributed by atoms with Crippen molar-refractivity contribution in [1.29, 1.82) is 0 Å². The number of rotatable bonds is 4. The molecule has 0 bridgehead atoms. The maximum atomic E-state index is 10.9. The maximum absolute atomic E-state index is 10.9. The number of carbonyl (C=O) groups is 1. The molecule has 0 spiro atoms. The van der Waals surface area contributed by atoms with Gasteiger partial charge in [-0.1, -0.05) is 75.8 Å². The van der Waals surface area contributed by atoms with E-state index < -0.39 is 5.97 Å². The minimum atomic E-state index is -1.02. The minimum Gasteiger partial charge on any atom is -0.477 e. The van der Waals surface area contributed by atoms with Gasteiger partial charge in [-0.2, -0.15) is 0 Å². The van der Waals surface area contributed by atoms with Crippen LogP contribution < -0.4 is 5.73 Å². The van der Waals surface area contributed by atoms with E-state index in [4.69, 9.17) is 22.4 Å². The molecule has 4 nitrogen and oxygen atoms in total. The van der Waals surface area contributed by atoms with Crippen LogP contribution in [-0.4, -0.2) is 23.3 Å². The number of aryl methyl sites for hydroxylation is 2. The van der Waals surface area contributed by atoms with Crippen molar-refractivity contribution in [1.82, 2.24) is 0 Å². The predicted octanol–water partition coefficient (Wildman–Crippen LogP) is 7.11. The van der Waals surface area contributed by atoms with Gasteiger partial charge >= 0.3 is 5.97 Å². The first-order chi connectivity index (χ1) is 14.8. The average Bonchev–Trinajstić information content (AvgIpc) is 3.22. The molecule has 0 unspecified atom stereocenters. The third kappa shape index (κ3) is 9.47. The summed E-state index contributed by atoms with van der Waals surface area (Å²) in [6.07, 6.45) is 9.09. The Hall–Kier alpha value is -1.81. The van der Waals surface area contributed by atoms with Gasteiger partial charge in [-0.3, -0.25) is 4.99 Å². The van der Waals surface area contributed by atoms with Crippen LogP contribution in [0.2, 0.25) is 5.02 Å². The lowest BCUT2D eigenvalue weighted by atomic mass is 9.81. The summed E-state index contributed by atoms with van der Waals surface area (Å²) in [6, 6.07) is 6.00. The van der Waals surface area contributed by atoms with E-state index in [1.54, 1.807) is 0 Å². The highest BCUT2D eigenvalue weighted by Gasteiger charge is 2.22. The molecule has 1 aromatic rings. The van der Waals surface area contributed by atoms with Crippen LogP contribution in [0.5, 0.6) is 0 Å². The highest BCUT2D eigenvalue weighted by Crippen LogP contribution is 2.30. The smallest absolute Gasteiger partial charge is 0.352 e. The van der Waals surface area contributed by atoms with Gasteiger partial charge in [-0.05, 0) is 63.0 Å². The summed E-state index contributed by atoms with van der Waals surface area (Å²) in [6.45, 7) is 11.2. The highest BCUT2D eigenvalue weighted by molar-refractivity contribution is 6.31. The second-order valence-electron chi connectivity index (χ2n) is 8.55. The fourth-order valence-electron chi connectivity index (χ4n) is 4.12. The number of nitrogens with two attached hydrogens (primary N) is 1. The van der Waals surface area contributed by atoms with E-state index in [1.807, 2.05) is 32.9 Å². The molecule has 0 radical (unpaired) electrons. The number of benzene rings is 1. The van der Waals surface area contributed by atoms with E-state index in [-0.39, 0.29) is 5.70 Å². The van der Waals surface area contributed by atoms with Crippen LogP contribution in [0.1, 0.15) is 83.3 Å². The predicted molar refractivity (Wildman–Crippen MR) is 133 cm³/mol. The lowest BCUT2D eigenvalue weighted by Crippen LogP contribution is -2.16. The largest absolute Gasteiger partial charge is 0.477 e. The average molecular weight is 449 g/mol. The van der Waals surface area contributed by atoms with Gasteiger partial charge in [0.05, 0.1) is 0 Å². The number of hydrogen-bond donors (Lipinski definition) is 2. The molecule has 2 aliphatic carbocycles. The first kappa shape index (κ1) is 27.2. The van der Waals surface area contributed by atoms with Gasteiger partial charge < -0.3 is 10.8 Å². The molecule has 174 valence electrons. The van der Waals surface area contributed by atoms with Crippen molar-refractivity contribution in [2.75, 3.05) is 6.54 Å². The minimum absolute atomic E-state index is 0.00672. The lowest BCUT2D eigenvalue weighted by molar-refractivity contribution is -0.132. The van der Waals surface area contributed by atoms with Crippen molar-refractivity contribution in [2.24, 2.45) is 22.6 Å². The number of carboxylic acid groups (broad SMARTS) is 1. The maximum Gasteiger partial charge on any atom is 0.352 e. The number of halogens is 1. The Morgan fingerprint density at radius 3 is 2.35 bits per heavy atom. The number of aliphatic imine (C=N–C) groups is 1. The molecule has 2 aliphatic rings. The second-order valence-corrected chi connectivity index (χ2v) is 8.95. The number of nitrogens with zero attached hydrogens (tertiary/aromatic N) is 1. The van der Waals surface area contributed by atoms with E-state index in [0.29, 0.717) is 0 Å². The standard InChI is InChI=1S/C16H26N2O2.C8H9Cl.C2H6/c1-11-5-7-12(8-6-11)9-10-18-14-4-2-3-13(14)15(17)16(19)20;1-6-3-4-8(9)7(2)5-6;1-2/h11-12H,2-10,17H2,1H3,(H,19,20);3-5H,1-2H3;1-2H3/b15-13-,18-14?;;. The molecule has 2 saturated carbocycles. The van der Waals surface area contributed by atoms with Gasteiger partial charge in [0.1, 0.15) is 5.70 Å². The van der Waals surface area contributed by atoms with Crippen LogP contribution >= 0.6 is 11.6 Å². The Kier molecular flexibility index (Phi) is 12.5. The first-order valence-electron chi connectivity index (χ1n) is 11.8. The molecule has 0 aliphatic heterocycles. The fraction of sp³-hybridized carbons (Fsp3) is 0.615. The van der Waals surface area contributed by atoms with Crippen LogP contribution in [-0.2, 0) is 4.79 Å². The number of allylic oxidation sites excluding steroid dienone is 1. The van der Waals surface area contributed by atoms with Crippen molar-refractivity contribution in [3.63, 3.8) is 0 Å². The van der Waals surface area contributed by atoms with Gasteiger partial charge in [0.15, 0.2) is 0 Å². The molecule has 0 atom stereocenters. The van der Waals surface area contributed by atoms with Gasteiger partial charge in [0.2, 0.25) is 0 Å². The Labute approximate surface area is 194 Å². The molecule has 0 amide bonds. The SMILES string of the molecule is CC.CC1CCC(CCN=C2CCC/C2=C(/N)C(=O)O)CC1.Cc1ccc(Cl)c(C)c1. The third-order valence-corrected chi connectivity index (χ3v) is 6.46. The monoisotopic (exact) mass is 448 g/mol. The van der Waals surface area contributed by atoms with Crippen LogP contribution in [0.3, 0.4) is 0 Å². The molecule has 5 heteroatoms. The first-order valence-corrected chi connectivity index (χ1v) is 12.1. The van der Waals surface area contributed by atoms with E-state index in [9.17, 15) is 4.79 Å². The third-order valence-electron chi connectivity index (χ3n) is 6.03. The summed E-state index contributed by atoms with van der Waals surface area (Å²) in [5.41, 5.74) is 9.76. The fourth-order valence-corrected chi connectivity index (χ4v) is 4.23. The second kappa shape index (κ2) is 14.3. The molecule has 0 saturated heterocycles. The summed E-state index contributed by atoms with van der Waals surface area (Å²) in [5, 5.41) is 9.82. The van der Waals surface area contributed by atoms with Crippen molar-refractivity contribution >= 4 is 23.3 Å². The van der Waals surface area contributed by atoms with E-state index >= 15 is 0 Å². The molecule has 2 fully saturated rings. The molecule has 31 heavy (non-hydrogen) atoms. The van der Waals surface area contributed by atoms with Crippen LogP contribution in [0, 0.1) is 25.7 Å². The zero-order chi connectivity index (χ0) is 23.4. The van der Waals surface area contributed by atoms with Crippen molar-refractivity contribution in [3.05, 3.63) is 45.6 Å². The van der Waals surface area contributed by atoms with Crippen LogP contribution in [0.4, 0.5) is 0 Å². The molecule has 0 aromatic heterocycles. The van der Waals surface area contributed by atoms with E-state index in [2.05, 4.69) is 24.9 Å². The lowest BCUT2D eigenvalue weighted by Gasteiger charge is -2.25. The van der Waals surface area contributed by atoms with Gasteiger partial charge in [-0.15, -0.1) is 0 Å². The van der Waals surface area contributed by atoms with Gasteiger partial charge in [-0.25, -0.2) is 4.79 Å². The Bertz CT molecular complexity index is 763. The molecular weight excluding hydrogens is 408 g/mol. The molecule has 3 rings (SSSR count). The summed E-state index contributed by atoms with van der Waals surface area (Å²) >= 11 is 5.78. The highest BCUT2D eigenvalue weighted by atomic mass is 35.5. The summed E-state index contributed by atoms with van der Waals surface area (Å²) < 4.78 is 0. The Morgan fingerprint density at radius 1 is 1.16 bits per heavy atom. The molecule has 3 N–H and O–H groups in total. The molecule has 0 heterocycles. The van der Waals surface area contributed by atoms with E-state index in [1.165, 1.54) is 31.2 Å². The van der Waals surface area contributed by atoms with Crippen molar-refractivity contribution < 1.29 is 9.90 Å². The summed E-state index contributed by atoms with van der Waals surface area (Å²) in [4.78, 5) is 15.6. The molecule has 1 aromatic carbocycles. The summed E-state index contributed by atoms with van der Waals surface area (Å²) in [5.74, 6) is 0.675. The Balaban J connectivity index is 0.000000365. The number of hydrogen-bond acceptors (Lipinski definition) is 3. The van der Waals surface area contributed by atoms with E-state index in [0.717, 1.165) is 65.9 Å².